The molecule has 2 heterocycles. The summed E-state index contributed by atoms with van der Waals surface area (Å²) in [6.45, 7) is 8.37. The van der Waals surface area contributed by atoms with E-state index in [0.29, 0.717) is 37.9 Å². The third-order valence-corrected chi connectivity index (χ3v) is 4.74. The molecular formula is C22H30N4O3. The third-order valence-electron chi connectivity index (χ3n) is 4.74. The maximum Gasteiger partial charge on any atom is 0.289 e. The SMILES string of the molecule is CN=C(NCc1cccc(OCC(C)C)c1)N1CCN(C(=O)c2ccco2)CC1. The minimum absolute atomic E-state index is 0.0594. The molecular weight excluding hydrogens is 368 g/mol. The van der Waals surface area contributed by atoms with Crippen LogP contribution in [0.5, 0.6) is 5.75 Å². The van der Waals surface area contributed by atoms with Crippen molar-refractivity contribution in [3.05, 3.63) is 54.0 Å². The van der Waals surface area contributed by atoms with Gasteiger partial charge in [0.15, 0.2) is 11.7 Å². The van der Waals surface area contributed by atoms with Crippen LogP contribution < -0.4 is 10.1 Å². The Labute approximate surface area is 172 Å². The van der Waals surface area contributed by atoms with Gasteiger partial charge >= 0.3 is 0 Å². The van der Waals surface area contributed by atoms with E-state index in [0.717, 1.165) is 30.4 Å². The van der Waals surface area contributed by atoms with E-state index in [4.69, 9.17) is 9.15 Å². The second kappa shape index (κ2) is 10.0. The molecule has 1 fully saturated rings. The van der Waals surface area contributed by atoms with Crippen LogP contribution in [0, 0.1) is 5.92 Å². The largest absolute Gasteiger partial charge is 0.493 e. The Morgan fingerprint density at radius 3 is 2.59 bits per heavy atom. The van der Waals surface area contributed by atoms with E-state index in [1.54, 1.807) is 19.2 Å². The highest BCUT2D eigenvalue weighted by Crippen LogP contribution is 2.15. The van der Waals surface area contributed by atoms with Crippen LogP contribution in [0.15, 0.2) is 52.1 Å². The molecule has 1 aliphatic rings. The predicted molar refractivity (Wildman–Crippen MR) is 113 cm³/mol. The Morgan fingerprint density at radius 2 is 1.93 bits per heavy atom. The number of rotatable bonds is 6. The number of piperazine rings is 1. The molecule has 0 saturated carbocycles. The summed E-state index contributed by atoms with van der Waals surface area (Å²) in [5.41, 5.74) is 1.14. The number of aliphatic imine (C=N–C) groups is 1. The normalized spacial score (nSPS) is 15.0. The molecule has 0 spiro atoms. The second-order valence-electron chi connectivity index (χ2n) is 7.51. The Kier molecular flexibility index (Phi) is 7.16. The van der Waals surface area contributed by atoms with Crippen molar-refractivity contribution < 1.29 is 13.9 Å². The van der Waals surface area contributed by atoms with Crippen LogP contribution in [0.4, 0.5) is 0 Å². The molecule has 0 bridgehead atoms. The van der Waals surface area contributed by atoms with Gasteiger partial charge in [0.2, 0.25) is 0 Å². The van der Waals surface area contributed by atoms with Gasteiger partial charge in [0, 0.05) is 39.8 Å². The van der Waals surface area contributed by atoms with Crippen molar-refractivity contribution in [3.8, 4) is 5.75 Å². The molecule has 0 aliphatic carbocycles. The fourth-order valence-corrected chi connectivity index (χ4v) is 3.20. The first-order chi connectivity index (χ1) is 14.1. The Bertz CT molecular complexity index is 809. The molecule has 1 N–H and O–H groups in total. The van der Waals surface area contributed by atoms with Gasteiger partial charge in [0.1, 0.15) is 5.75 Å². The molecule has 0 unspecified atom stereocenters. The first-order valence-electron chi connectivity index (χ1n) is 10.1. The van der Waals surface area contributed by atoms with Crippen LogP contribution in [0.25, 0.3) is 0 Å². The van der Waals surface area contributed by atoms with Gasteiger partial charge in [-0.1, -0.05) is 26.0 Å². The van der Waals surface area contributed by atoms with Crippen LogP contribution >= 0.6 is 0 Å². The number of hydrogen-bond donors (Lipinski definition) is 1. The zero-order valence-corrected chi connectivity index (χ0v) is 17.4. The zero-order chi connectivity index (χ0) is 20.6. The first kappa shape index (κ1) is 20.8. The summed E-state index contributed by atoms with van der Waals surface area (Å²) < 4.78 is 11.0. The van der Waals surface area contributed by atoms with E-state index in [1.807, 2.05) is 17.0 Å². The number of benzene rings is 1. The summed E-state index contributed by atoms with van der Waals surface area (Å²) in [5, 5.41) is 3.42. The third kappa shape index (κ3) is 5.76. The van der Waals surface area contributed by atoms with Gasteiger partial charge in [-0.15, -0.1) is 0 Å². The lowest BCUT2D eigenvalue weighted by molar-refractivity contribution is 0.0657. The molecule has 1 aliphatic heterocycles. The van der Waals surface area contributed by atoms with Crippen molar-refractivity contribution in [2.24, 2.45) is 10.9 Å². The van der Waals surface area contributed by atoms with Gasteiger partial charge in [0.05, 0.1) is 12.9 Å². The maximum absolute atomic E-state index is 12.4. The van der Waals surface area contributed by atoms with E-state index in [-0.39, 0.29) is 5.91 Å². The number of nitrogens with one attached hydrogen (secondary N) is 1. The topological polar surface area (TPSA) is 70.3 Å². The first-order valence-corrected chi connectivity index (χ1v) is 10.1. The monoisotopic (exact) mass is 398 g/mol. The molecule has 29 heavy (non-hydrogen) atoms. The Morgan fingerprint density at radius 1 is 1.17 bits per heavy atom. The molecule has 1 aromatic carbocycles. The standard InChI is InChI=1S/C22H30N4O3/c1-17(2)16-29-19-7-4-6-18(14-19)15-24-22(23-3)26-11-9-25(10-12-26)21(27)20-8-5-13-28-20/h4-8,13-14,17H,9-12,15-16H2,1-3H3,(H,23,24). The molecule has 1 aromatic heterocycles. The lowest BCUT2D eigenvalue weighted by Gasteiger charge is -2.36. The highest BCUT2D eigenvalue weighted by atomic mass is 16.5. The van der Waals surface area contributed by atoms with Crippen molar-refractivity contribution in [1.82, 2.24) is 15.1 Å². The van der Waals surface area contributed by atoms with E-state index < -0.39 is 0 Å². The number of furan rings is 1. The molecule has 0 radical (unpaired) electrons. The van der Waals surface area contributed by atoms with Crippen molar-refractivity contribution in [1.29, 1.82) is 0 Å². The van der Waals surface area contributed by atoms with Gasteiger partial charge in [-0.3, -0.25) is 9.79 Å². The summed E-state index contributed by atoms with van der Waals surface area (Å²) in [4.78, 5) is 20.8. The number of carbonyl (C=O) groups excluding carboxylic acids is 1. The molecule has 1 amide bonds. The van der Waals surface area contributed by atoms with E-state index in [1.165, 1.54) is 6.26 Å². The van der Waals surface area contributed by atoms with Gasteiger partial charge in [-0.05, 0) is 35.7 Å². The number of amides is 1. The van der Waals surface area contributed by atoms with Crippen LogP contribution in [-0.2, 0) is 6.54 Å². The zero-order valence-electron chi connectivity index (χ0n) is 17.4. The average Bonchev–Trinajstić information content (AvgIpc) is 3.28. The van der Waals surface area contributed by atoms with Crippen molar-refractivity contribution in [3.63, 3.8) is 0 Å². The molecule has 7 nitrogen and oxygen atoms in total. The highest BCUT2D eigenvalue weighted by molar-refractivity contribution is 5.91. The summed E-state index contributed by atoms with van der Waals surface area (Å²) in [6.07, 6.45) is 1.53. The summed E-state index contributed by atoms with van der Waals surface area (Å²) in [5.74, 6) is 2.55. The minimum Gasteiger partial charge on any atom is -0.493 e. The molecule has 0 atom stereocenters. The van der Waals surface area contributed by atoms with Crippen LogP contribution in [0.1, 0.15) is 30.0 Å². The maximum atomic E-state index is 12.4. The van der Waals surface area contributed by atoms with E-state index >= 15 is 0 Å². The van der Waals surface area contributed by atoms with Gasteiger partial charge in [-0.25, -0.2) is 0 Å². The van der Waals surface area contributed by atoms with Gasteiger partial charge in [-0.2, -0.15) is 0 Å². The van der Waals surface area contributed by atoms with Crippen molar-refractivity contribution >= 4 is 11.9 Å². The van der Waals surface area contributed by atoms with Crippen molar-refractivity contribution in [2.75, 3.05) is 39.8 Å². The highest BCUT2D eigenvalue weighted by Gasteiger charge is 2.25. The number of ether oxygens (including phenoxy) is 1. The average molecular weight is 399 g/mol. The minimum atomic E-state index is -0.0594. The molecule has 2 aromatic rings. The number of carbonyl (C=O) groups is 1. The molecule has 7 heteroatoms. The quantitative estimate of drug-likeness (QED) is 0.599. The summed E-state index contributed by atoms with van der Waals surface area (Å²) >= 11 is 0. The summed E-state index contributed by atoms with van der Waals surface area (Å²) in [6, 6.07) is 11.6. The number of guanidine groups is 1. The number of nitrogens with zero attached hydrogens (tertiary/aromatic N) is 3. The van der Waals surface area contributed by atoms with Crippen LogP contribution in [0.3, 0.4) is 0 Å². The fourth-order valence-electron chi connectivity index (χ4n) is 3.20. The smallest absolute Gasteiger partial charge is 0.289 e. The van der Waals surface area contributed by atoms with Crippen LogP contribution in [0.2, 0.25) is 0 Å². The lowest BCUT2D eigenvalue weighted by Crippen LogP contribution is -2.53. The lowest BCUT2D eigenvalue weighted by atomic mass is 10.2. The van der Waals surface area contributed by atoms with Gasteiger partial charge in [0.25, 0.3) is 5.91 Å². The van der Waals surface area contributed by atoms with Crippen LogP contribution in [-0.4, -0.2) is 61.5 Å². The fraction of sp³-hybridized carbons (Fsp3) is 0.455. The Balaban J connectivity index is 1.50. The van der Waals surface area contributed by atoms with Gasteiger partial charge < -0.3 is 24.3 Å². The molecule has 1 saturated heterocycles. The van der Waals surface area contributed by atoms with E-state index in [2.05, 4.69) is 41.2 Å². The van der Waals surface area contributed by atoms with Crippen molar-refractivity contribution in [2.45, 2.75) is 20.4 Å². The Hall–Kier alpha value is -2.96. The number of hydrogen-bond acceptors (Lipinski definition) is 4. The van der Waals surface area contributed by atoms with E-state index in [9.17, 15) is 4.79 Å². The molecule has 156 valence electrons. The summed E-state index contributed by atoms with van der Waals surface area (Å²) in [7, 11) is 1.78. The second-order valence-corrected chi connectivity index (χ2v) is 7.51. The molecule has 3 rings (SSSR count). The predicted octanol–water partition coefficient (Wildman–Crippen LogP) is 2.85.